The summed E-state index contributed by atoms with van der Waals surface area (Å²) in [5.74, 6) is 0.348. The number of carbonyl (C=O) groups excluding carboxylic acids is 1. The van der Waals surface area contributed by atoms with Gasteiger partial charge in [0, 0.05) is 6.54 Å². The molecule has 0 aliphatic carbocycles. The van der Waals surface area contributed by atoms with E-state index in [2.05, 4.69) is 27.5 Å². The standard InChI is InChI=1S/C18H23ClN4O/c1-4-5-6-7-20-18(24)15-10-22-16(11-21-15)23-17-13(3)8-12(2)9-14(17)19/h8-11H,4-7H2,1-3H3,(H,20,24)(H,22,23). The van der Waals surface area contributed by atoms with Crippen LogP contribution in [0.3, 0.4) is 0 Å². The van der Waals surface area contributed by atoms with Crippen molar-refractivity contribution in [1.29, 1.82) is 0 Å². The molecule has 0 radical (unpaired) electrons. The van der Waals surface area contributed by atoms with E-state index in [1.165, 1.54) is 12.4 Å². The van der Waals surface area contributed by atoms with Gasteiger partial charge in [0.1, 0.15) is 11.5 Å². The number of carbonyl (C=O) groups is 1. The van der Waals surface area contributed by atoms with Crippen molar-refractivity contribution >= 4 is 29.0 Å². The number of rotatable bonds is 7. The van der Waals surface area contributed by atoms with Crippen LogP contribution < -0.4 is 10.6 Å². The monoisotopic (exact) mass is 346 g/mol. The third-order valence-corrected chi connectivity index (χ3v) is 3.93. The number of benzene rings is 1. The van der Waals surface area contributed by atoms with Gasteiger partial charge in [-0.2, -0.15) is 0 Å². The summed E-state index contributed by atoms with van der Waals surface area (Å²) in [4.78, 5) is 20.4. The quantitative estimate of drug-likeness (QED) is 0.729. The molecule has 6 heteroatoms. The lowest BCUT2D eigenvalue weighted by molar-refractivity contribution is 0.0947. The Hall–Kier alpha value is -2.14. The highest BCUT2D eigenvalue weighted by Crippen LogP contribution is 2.29. The van der Waals surface area contributed by atoms with Crippen LogP contribution in [-0.4, -0.2) is 22.4 Å². The molecule has 128 valence electrons. The lowest BCUT2D eigenvalue weighted by atomic mass is 10.1. The van der Waals surface area contributed by atoms with E-state index in [-0.39, 0.29) is 5.91 Å². The summed E-state index contributed by atoms with van der Waals surface area (Å²) in [5.41, 5.74) is 3.24. The summed E-state index contributed by atoms with van der Waals surface area (Å²) in [5, 5.41) is 6.63. The van der Waals surface area contributed by atoms with Gasteiger partial charge in [-0.1, -0.05) is 37.4 Å². The van der Waals surface area contributed by atoms with Crippen LogP contribution in [0.1, 0.15) is 47.8 Å². The SMILES string of the molecule is CCCCCNC(=O)c1cnc(Nc2c(C)cc(C)cc2Cl)cn1. The van der Waals surface area contributed by atoms with Gasteiger partial charge in [-0.25, -0.2) is 9.97 Å². The lowest BCUT2D eigenvalue weighted by Gasteiger charge is -2.12. The van der Waals surface area contributed by atoms with E-state index in [4.69, 9.17) is 11.6 Å². The molecule has 0 fully saturated rings. The van der Waals surface area contributed by atoms with Crippen LogP contribution in [0.25, 0.3) is 0 Å². The van der Waals surface area contributed by atoms with Crippen molar-refractivity contribution in [2.24, 2.45) is 0 Å². The number of aromatic nitrogens is 2. The molecule has 2 N–H and O–H groups in total. The number of nitrogens with zero attached hydrogens (tertiary/aromatic N) is 2. The highest BCUT2D eigenvalue weighted by atomic mass is 35.5. The van der Waals surface area contributed by atoms with Gasteiger partial charge in [0.25, 0.3) is 5.91 Å². The van der Waals surface area contributed by atoms with Gasteiger partial charge in [-0.05, 0) is 37.5 Å². The van der Waals surface area contributed by atoms with Crippen LogP contribution in [-0.2, 0) is 0 Å². The molecule has 0 unspecified atom stereocenters. The van der Waals surface area contributed by atoms with Gasteiger partial charge in [-0.3, -0.25) is 4.79 Å². The van der Waals surface area contributed by atoms with E-state index in [1.807, 2.05) is 26.0 Å². The van der Waals surface area contributed by atoms with Gasteiger partial charge >= 0.3 is 0 Å². The maximum absolute atomic E-state index is 12.0. The molecular formula is C18H23ClN4O. The topological polar surface area (TPSA) is 66.9 Å². The highest BCUT2D eigenvalue weighted by Gasteiger charge is 2.09. The summed E-state index contributed by atoms with van der Waals surface area (Å²) >= 11 is 6.27. The Morgan fingerprint density at radius 1 is 1.17 bits per heavy atom. The molecule has 5 nitrogen and oxygen atoms in total. The third kappa shape index (κ3) is 4.93. The second kappa shape index (κ2) is 8.64. The van der Waals surface area contributed by atoms with Crippen molar-refractivity contribution in [3.63, 3.8) is 0 Å². The van der Waals surface area contributed by atoms with Gasteiger partial charge < -0.3 is 10.6 Å². The fraction of sp³-hybridized carbons (Fsp3) is 0.389. The van der Waals surface area contributed by atoms with Crippen molar-refractivity contribution in [3.05, 3.63) is 46.4 Å². The summed E-state index contributed by atoms with van der Waals surface area (Å²) in [6.45, 7) is 6.76. The van der Waals surface area contributed by atoms with Gasteiger partial charge in [0.15, 0.2) is 0 Å². The lowest BCUT2D eigenvalue weighted by Crippen LogP contribution is -2.25. The Kier molecular flexibility index (Phi) is 6.55. The van der Waals surface area contributed by atoms with E-state index >= 15 is 0 Å². The van der Waals surface area contributed by atoms with E-state index < -0.39 is 0 Å². The normalized spacial score (nSPS) is 10.5. The van der Waals surface area contributed by atoms with E-state index in [0.717, 1.165) is 36.1 Å². The van der Waals surface area contributed by atoms with Gasteiger partial charge in [0.05, 0.1) is 23.1 Å². The molecule has 0 atom stereocenters. The highest BCUT2D eigenvalue weighted by molar-refractivity contribution is 6.33. The fourth-order valence-corrected chi connectivity index (χ4v) is 2.75. The fourth-order valence-electron chi connectivity index (χ4n) is 2.38. The van der Waals surface area contributed by atoms with Crippen molar-refractivity contribution in [1.82, 2.24) is 15.3 Å². The van der Waals surface area contributed by atoms with Crippen LogP contribution >= 0.6 is 11.6 Å². The molecule has 1 aromatic heterocycles. The number of aryl methyl sites for hydroxylation is 2. The number of hydrogen-bond acceptors (Lipinski definition) is 4. The van der Waals surface area contributed by atoms with E-state index in [9.17, 15) is 4.79 Å². The Morgan fingerprint density at radius 3 is 2.58 bits per heavy atom. The molecule has 0 saturated carbocycles. The number of nitrogens with one attached hydrogen (secondary N) is 2. The van der Waals surface area contributed by atoms with Crippen LogP contribution in [0, 0.1) is 13.8 Å². The molecular weight excluding hydrogens is 324 g/mol. The summed E-state index contributed by atoms with van der Waals surface area (Å²) in [6.07, 6.45) is 6.20. The second-order valence-corrected chi connectivity index (χ2v) is 6.22. The Bertz CT molecular complexity index is 678. The summed E-state index contributed by atoms with van der Waals surface area (Å²) in [6, 6.07) is 3.93. The summed E-state index contributed by atoms with van der Waals surface area (Å²) < 4.78 is 0. The Balaban J connectivity index is 2.01. The van der Waals surface area contributed by atoms with Crippen LogP contribution in [0.5, 0.6) is 0 Å². The number of anilines is 2. The first kappa shape index (κ1) is 18.2. The zero-order chi connectivity index (χ0) is 17.5. The molecule has 0 aliphatic heterocycles. The minimum absolute atomic E-state index is 0.199. The maximum Gasteiger partial charge on any atom is 0.271 e. The molecule has 24 heavy (non-hydrogen) atoms. The second-order valence-electron chi connectivity index (χ2n) is 5.81. The molecule has 1 amide bonds. The number of amides is 1. The Morgan fingerprint density at radius 2 is 1.96 bits per heavy atom. The predicted octanol–water partition coefficient (Wildman–Crippen LogP) is 4.41. The van der Waals surface area contributed by atoms with Crippen molar-refractivity contribution in [3.8, 4) is 0 Å². The smallest absolute Gasteiger partial charge is 0.271 e. The number of hydrogen-bond donors (Lipinski definition) is 2. The molecule has 0 bridgehead atoms. The van der Waals surface area contributed by atoms with Crippen LogP contribution in [0.15, 0.2) is 24.5 Å². The molecule has 1 aromatic carbocycles. The first-order valence-electron chi connectivity index (χ1n) is 8.15. The molecule has 1 heterocycles. The molecule has 0 spiro atoms. The van der Waals surface area contributed by atoms with Crippen LogP contribution in [0.4, 0.5) is 11.5 Å². The third-order valence-electron chi connectivity index (χ3n) is 3.64. The number of halogens is 1. The van der Waals surface area contributed by atoms with Crippen molar-refractivity contribution in [2.45, 2.75) is 40.0 Å². The largest absolute Gasteiger partial charge is 0.351 e. The zero-order valence-corrected chi connectivity index (χ0v) is 15.1. The van der Waals surface area contributed by atoms with E-state index in [0.29, 0.717) is 23.1 Å². The minimum Gasteiger partial charge on any atom is -0.351 e. The van der Waals surface area contributed by atoms with E-state index in [1.54, 1.807) is 0 Å². The maximum atomic E-state index is 12.0. The molecule has 2 aromatic rings. The Labute approximate surface area is 147 Å². The first-order valence-corrected chi connectivity index (χ1v) is 8.53. The van der Waals surface area contributed by atoms with Gasteiger partial charge in [-0.15, -0.1) is 0 Å². The average molecular weight is 347 g/mol. The van der Waals surface area contributed by atoms with Crippen LogP contribution in [0.2, 0.25) is 5.02 Å². The summed E-state index contributed by atoms with van der Waals surface area (Å²) in [7, 11) is 0. The first-order chi connectivity index (χ1) is 11.5. The predicted molar refractivity (Wildman–Crippen MR) is 98.1 cm³/mol. The van der Waals surface area contributed by atoms with Gasteiger partial charge in [0.2, 0.25) is 0 Å². The minimum atomic E-state index is -0.199. The van der Waals surface area contributed by atoms with Crippen molar-refractivity contribution in [2.75, 3.05) is 11.9 Å². The average Bonchev–Trinajstić information content (AvgIpc) is 2.55. The molecule has 0 aliphatic rings. The molecule has 0 saturated heterocycles. The number of unbranched alkanes of at least 4 members (excludes halogenated alkanes) is 2. The zero-order valence-electron chi connectivity index (χ0n) is 14.3. The van der Waals surface area contributed by atoms with Crippen molar-refractivity contribution < 1.29 is 4.79 Å². The molecule has 2 rings (SSSR count).